The number of hydrogen-bond donors (Lipinski definition) is 0. The number of thiazole rings is 1. The van der Waals surface area contributed by atoms with Crippen LogP contribution in [0.15, 0.2) is 54.9 Å². The Hall–Kier alpha value is -2.53. The van der Waals surface area contributed by atoms with E-state index in [1.165, 1.54) is 9.71 Å². The molecule has 2 aromatic heterocycles. The number of fused-ring (bicyclic) bond motifs is 1. The molecule has 0 radical (unpaired) electrons. The van der Waals surface area contributed by atoms with Gasteiger partial charge in [0.05, 0.1) is 15.2 Å². The van der Waals surface area contributed by atoms with E-state index in [-0.39, 0.29) is 5.91 Å². The van der Waals surface area contributed by atoms with E-state index in [1.807, 2.05) is 29.2 Å². The third kappa shape index (κ3) is 3.61. The number of aromatic nitrogens is 2. The lowest BCUT2D eigenvalue weighted by Gasteiger charge is -2.30. The number of carbonyl (C=O) groups is 1. The molecule has 1 aromatic carbocycles. The number of piperidine rings is 1. The van der Waals surface area contributed by atoms with Crippen LogP contribution in [-0.2, 0) is 4.79 Å². The van der Waals surface area contributed by atoms with E-state index < -0.39 is 0 Å². The molecule has 1 fully saturated rings. The minimum absolute atomic E-state index is 0.0756. The van der Waals surface area contributed by atoms with Crippen molar-refractivity contribution in [2.45, 2.75) is 18.8 Å². The van der Waals surface area contributed by atoms with Crippen molar-refractivity contribution < 1.29 is 4.79 Å². The van der Waals surface area contributed by atoms with Crippen LogP contribution in [0.2, 0.25) is 0 Å². The first-order valence-corrected chi connectivity index (χ1v) is 9.34. The number of pyridine rings is 1. The summed E-state index contributed by atoms with van der Waals surface area (Å²) in [4.78, 5) is 23.1. The summed E-state index contributed by atoms with van der Waals surface area (Å²) < 4.78 is 1.25. The Balaban J connectivity index is 1.37. The lowest BCUT2D eigenvalue weighted by molar-refractivity contribution is -0.126. The molecule has 0 bridgehead atoms. The Morgan fingerprint density at radius 1 is 1.16 bits per heavy atom. The van der Waals surface area contributed by atoms with E-state index in [1.54, 1.807) is 29.8 Å². The molecule has 0 unspecified atom stereocenters. The Bertz CT molecular complexity index is 862. The number of rotatable bonds is 3. The van der Waals surface area contributed by atoms with E-state index in [2.05, 4.69) is 23.2 Å². The lowest BCUT2D eigenvalue weighted by Crippen LogP contribution is -2.36. The maximum atomic E-state index is 12.4. The van der Waals surface area contributed by atoms with Crippen LogP contribution in [0.3, 0.4) is 0 Å². The highest BCUT2D eigenvalue weighted by Crippen LogP contribution is 2.33. The van der Waals surface area contributed by atoms with Gasteiger partial charge >= 0.3 is 0 Å². The van der Waals surface area contributed by atoms with E-state index in [4.69, 9.17) is 4.98 Å². The average molecular weight is 349 g/mol. The van der Waals surface area contributed by atoms with Crippen LogP contribution in [-0.4, -0.2) is 33.9 Å². The second-order valence-electron chi connectivity index (χ2n) is 6.24. The second-order valence-corrected chi connectivity index (χ2v) is 7.30. The number of nitrogens with zero attached hydrogens (tertiary/aromatic N) is 3. The van der Waals surface area contributed by atoms with Crippen LogP contribution in [0.4, 0.5) is 0 Å². The molecule has 25 heavy (non-hydrogen) atoms. The molecular weight excluding hydrogens is 330 g/mol. The van der Waals surface area contributed by atoms with Crippen molar-refractivity contribution in [2.24, 2.45) is 0 Å². The van der Waals surface area contributed by atoms with Crippen molar-refractivity contribution in [3.8, 4) is 0 Å². The molecule has 5 heteroatoms. The van der Waals surface area contributed by atoms with Crippen LogP contribution in [0, 0.1) is 0 Å². The molecule has 0 saturated carbocycles. The maximum Gasteiger partial charge on any atom is 0.246 e. The normalized spacial score (nSPS) is 15.9. The quantitative estimate of drug-likeness (QED) is 0.669. The van der Waals surface area contributed by atoms with Gasteiger partial charge in [0.1, 0.15) is 0 Å². The predicted octanol–water partition coefficient (Wildman–Crippen LogP) is 4.11. The Kier molecular flexibility index (Phi) is 4.57. The van der Waals surface area contributed by atoms with Crippen molar-refractivity contribution in [1.82, 2.24) is 14.9 Å². The Morgan fingerprint density at radius 3 is 2.76 bits per heavy atom. The van der Waals surface area contributed by atoms with Gasteiger partial charge in [-0.2, -0.15) is 0 Å². The van der Waals surface area contributed by atoms with Gasteiger partial charge in [0.2, 0.25) is 5.91 Å². The first-order chi connectivity index (χ1) is 12.3. The SMILES string of the molecule is O=C(/C=C/c1cccnc1)N1CCC(c2nc3ccccc3s2)CC1. The summed E-state index contributed by atoms with van der Waals surface area (Å²) in [6.07, 6.45) is 8.91. The van der Waals surface area contributed by atoms with Gasteiger partial charge in [0.25, 0.3) is 0 Å². The van der Waals surface area contributed by atoms with Gasteiger partial charge in [-0.05, 0) is 42.7 Å². The van der Waals surface area contributed by atoms with Crippen molar-refractivity contribution in [3.63, 3.8) is 0 Å². The molecule has 4 rings (SSSR count). The molecule has 0 N–H and O–H groups in total. The van der Waals surface area contributed by atoms with Crippen molar-refractivity contribution in [1.29, 1.82) is 0 Å². The first-order valence-electron chi connectivity index (χ1n) is 8.52. The van der Waals surface area contributed by atoms with Gasteiger partial charge in [0, 0.05) is 37.5 Å². The monoisotopic (exact) mass is 349 g/mol. The Morgan fingerprint density at radius 2 is 2.00 bits per heavy atom. The molecule has 3 heterocycles. The number of amides is 1. The molecule has 126 valence electrons. The van der Waals surface area contributed by atoms with Crippen LogP contribution < -0.4 is 0 Å². The maximum absolute atomic E-state index is 12.4. The zero-order valence-corrected chi connectivity index (χ0v) is 14.7. The van der Waals surface area contributed by atoms with Crippen LogP contribution in [0.1, 0.15) is 29.3 Å². The molecular formula is C20H19N3OS. The van der Waals surface area contributed by atoms with Gasteiger partial charge < -0.3 is 4.90 Å². The zero-order chi connectivity index (χ0) is 17.1. The molecule has 1 amide bonds. The molecule has 4 nitrogen and oxygen atoms in total. The summed E-state index contributed by atoms with van der Waals surface area (Å²) >= 11 is 1.79. The molecule has 1 aliphatic rings. The fourth-order valence-electron chi connectivity index (χ4n) is 3.16. The largest absolute Gasteiger partial charge is 0.339 e. The molecule has 3 aromatic rings. The summed E-state index contributed by atoms with van der Waals surface area (Å²) in [6.45, 7) is 1.58. The third-order valence-electron chi connectivity index (χ3n) is 4.57. The summed E-state index contributed by atoms with van der Waals surface area (Å²) in [5.74, 6) is 0.537. The van der Waals surface area contributed by atoms with Crippen molar-refractivity contribution >= 4 is 33.5 Å². The van der Waals surface area contributed by atoms with E-state index >= 15 is 0 Å². The number of benzene rings is 1. The lowest BCUT2D eigenvalue weighted by atomic mass is 9.97. The number of hydrogen-bond acceptors (Lipinski definition) is 4. The predicted molar refractivity (Wildman–Crippen MR) is 101 cm³/mol. The van der Waals surface area contributed by atoms with Gasteiger partial charge in [-0.3, -0.25) is 9.78 Å². The highest BCUT2D eigenvalue weighted by molar-refractivity contribution is 7.18. The van der Waals surface area contributed by atoms with E-state index in [9.17, 15) is 4.79 Å². The van der Waals surface area contributed by atoms with Crippen LogP contribution in [0.25, 0.3) is 16.3 Å². The molecule has 0 spiro atoms. The highest BCUT2D eigenvalue weighted by Gasteiger charge is 2.24. The summed E-state index contributed by atoms with van der Waals surface area (Å²) in [5, 5.41) is 1.21. The minimum atomic E-state index is 0.0756. The number of para-hydroxylation sites is 1. The molecule has 1 aliphatic heterocycles. The minimum Gasteiger partial charge on any atom is -0.339 e. The summed E-state index contributed by atoms with van der Waals surface area (Å²) in [7, 11) is 0. The Labute approximate surface area is 150 Å². The van der Waals surface area contributed by atoms with Gasteiger partial charge in [-0.25, -0.2) is 4.98 Å². The highest BCUT2D eigenvalue weighted by atomic mass is 32.1. The van der Waals surface area contributed by atoms with E-state index in [0.717, 1.165) is 37.0 Å². The topological polar surface area (TPSA) is 46.1 Å². The van der Waals surface area contributed by atoms with E-state index in [0.29, 0.717) is 5.92 Å². The fourth-order valence-corrected chi connectivity index (χ4v) is 4.30. The second kappa shape index (κ2) is 7.15. The van der Waals surface area contributed by atoms with Crippen molar-refractivity contribution in [2.75, 3.05) is 13.1 Å². The fraction of sp³-hybridized carbons (Fsp3) is 0.250. The zero-order valence-electron chi connectivity index (χ0n) is 13.8. The van der Waals surface area contributed by atoms with Crippen molar-refractivity contribution in [3.05, 3.63) is 65.4 Å². The third-order valence-corrected chi connectivity index (χ3v) is 5.77. The molecule has 0 aliphatic carbocycles. The van der Waals surface area contributed by atoms with Gasteiger partial charge in [-0.15, -0.1) is 11.3 Å². The van der Waals surface area contributed by atoms with Gasteiger partial charge in [0.15, 0.2) is 0 Å². The molecule has 1 saturated heterocycles. The summed E-state index contributed by atoms with van der Waals surface area (Å²) in [6, 6.07) is 12.1. The smallest absolute Gasteiger partial charge is 0.246 e. The summed E-state index contributed by atoms with van der Waals surface area (Å²) in [5.41, 5.74) is 2.03. The van der Waals surface area contributed by atoms with Gasteiger partial charge in [-0.1, -0.05) is 18.2 Å². The molecule has 0 atom stereocenters. The first kappa shape index (κ1) is 16.0. The number of carbonyl (C=O) groups excluding carboxylic acids is 1. The van der Waals surface area contributed by atoms with Crippen LogP contribution in [0.5, 0.6) is 0 Å². The average Bonchev–Trinajstić information content (AvgIpc) is 3.11. The van der Waals surface area contributed by atoms with Crippen LogP contribution >= 0.6 is 11.3 Å². The standard InChI is InChI=1S/C20H19N3OS/c24-19(8-7-15-4-3-11-21-14-15)23-12-9-16(10-13-23)20-22-17-5-1-2-6-18(17)25-20/h1-8,11,14,16H,9-10,12-13H2/b8-7+. The number of likely N-dealkylation sites (tertiary alicyclic amines) is 1.